The summed E-state index contributed by atoms with van der Waals surface area (Å²) in [7, 11) is 0. The first-order chi connectivity index (χ1) is 8.65. The molecular weight excluding hydrogens is 228 g/mol. The van der Waals surface area contributed by atoms with Crippen molar-refractivity contribution < 1.29 is 4.79 Å². The molecule has 0 saturated heterocycles. The van der Waals surface area contributed by atoms with Crippen LogP contribution in [0.25, 0.3) is 11.0 Å². The second kappa shape index (κ2) is 3.94. The summed E-state index contributed by atoms with van der Waals surface area (Å²) >= 11 is 0. The third-order valence-electron chi connectivity index (χ3n) is 3.37. The number of hydrogen-bond acceptors (Lipinski definition) is 3. The molecule has 1 aliphatic rings. The fourth-order valence-corrected chi connectivity index (χ4v) is 2.31. The lowest BCUT2D eigenvalue weighted by molar-refractivity contribution is -0.125. The highest BCUT2D eigenvalue weighted by atomic mass is 16.2. The maximum absolute atomic E-state index is 11.6. The van der Waals surface area contributed by atoms with Crippen LogP contribution in [0.1, 0.15) is 24.2 Å². The topological polar surface area (TPSA) is 70.1 Å². The van der Waals surface area contributed by atoms with Crippen molar-refractivity contribution >= 4 is 23.2 Å². The van der Waals surface area contributed by atoms with E-state index in [2.05, 4.69) is 20.5 Å². The first-order valence-electron chi connectivity index (χ1n) is 5.94. The van der Waals surface area contributed by atoms with E-state index in [1.54, 1.807) is 6.21 Å². The zero-order chi connectivity index (χ0) is 12.7. The van der Waals surface area contributed by atoms with Crippen molar-refractivity contribution in [3.05, 3.63) is 29.6 Å². The van der Waals surface area contributed by atoms with Crippen molar-refractivity contribution in [1.29, 1.82) is 0 Å². The minimum Gasteiger partial charge on any atom is -0.342 e. The number of rotatable bonds is 1. The van der Waals surface area contributed by atoms with E-state index in [-0.39, 0.29) is 17.7 Å². The Morgan fingerprint density at radius 2 is 2.17 bits per heavy atom. The predicted octanol–water partition coefficient (Wildman–Crippen LogP) is 1.71. The first-order valence-corrected chi connectivity index (χ1v) is 5.94. The van der Waals surface area contributed by atoms with Gasteiger partial charge < -0.3 is 4.98 Å². The summed E-state index contributed by atoms with van der Waals surface area (Å²) in [6.45, 7) is 3.84. The fraction of sp³-hybridized carbons (Fsp3) is 0.308. The quantitative estimate of drug-likeness (QED) is 0.799. The summed E-state index contributed by atoms with van der Waals surface area (Å²) in [5.41, 5.74) is 5.51. The van der Waals surface area contributed by atoms with Gasteiger partial charge in [0.1, 0.15) is 5.82 Å². The van der Waals surface area contributed by atoms with Crippen LogP contribution in [0, 0.1) is 12.8 Å². The van der Waals surface area contributed by atoms with Crippen molar-refractivity contribution in [3.8, 4) is 0 Å². The van der Waals surface area contributed by atoms with Crippen LogP contribution in [0.4, 0.5) is 0 Å². The number of amides is 1. The van der Waals surface area contributed by atoms with E-state index in [4.69, 9.17) is 0 Å². The number of carbonyl (C=O) groups excluding carboxylic acids is 1. The molecule has 5 heteroatoms. The van der Waals surface area contributed by atoms with Gasteiger partial charge >= 0.3 is 0 Å². The number of hydrogen-bond donors (Lipinski definition) is 2. The molecule has 0 spiro atoms. The van der Waals surface area contributed by atoms with Gasteiger partial charge in [0.25, 0.3) is 0 Å². The summed E-state index contributed by atoms with van der Waals surface area (Å²) in [5, 5.41) is 3.90. The molecule has 2 N–H and O–H groups in total. The number of benzene rings is 1. The second-order valence-electron chi connectivity index (χ2n) is 4.67. The highest BCUT2D eigenvalue weighted by Gasteiger charge is 2.27. The molecule has 2 unspecified atom stereocenters. The lowest BCUT2D eigenvalue weighted by Gasteiger charge is -2.22. The zero-order valence-corrected chi connectivity index (χ0v) is 10.3. The molecule has 0 saturated carbocycles. The first kappa shape index (κ1) is 11.0. The van der Waals surface area contributed by atoms with E-state index in [9.17, 15) is 4.79 Å². The Morgan fingerprint density at radius 3 is 3.00 bits per heavy atom. The number of nitrogens with zero attached hydrogens (tertiary/aromatic N) is 2. The van der Waals surface area contributed by atoms with E-state index in [0.717, 1.165) is 22.4 Å². The highest BCUT2D eigenvalue weighted by Crippen LogP contribution is 2.27. The van der Waals surface area contributed by atoms with Gasteiger partial charge in [-0.2, -0.15) is 5.10 Å². The van der Waals surface area contributed by atoms with Gasteiger partial charge in [-0.1, -0.05) is 13.0 Å². The number of nitrogens with one attached hydrogen (secondary N) is 2. The molecule has 2 heterocycles. The van der Waals surface area contributed by atoms with Crippen LogP contribution in [0.2, 0.25) is 0 Å². The molecule has 0 aliphatic carbocycles. The SMILES string of the molecule is Cc1nc2ccc(C3C=NNC(=O)C3C)cc2[nH]1. The number of aromatic nitrogens is 2. The zero-order valence-electron chi connectivity index (χ0n) is 10.3. The average molecular weight is 242 g/mol. The van der Waals surface area contributed by atoms with Gasteiger partial charge in [-0.25, -0.2) is 10.4 Å². The third kappa shape index (κ3) is 1.68. The maximum atomic E-state index is 11.6. The largest absolute Gasteiger partial charge is 0.342 e. The Balaban J connectivity index is 2.05. The fourth-order valence-electron chi connectivity index (χ4n) is 2.31. The number of fused-ring (bicyclic) bond motifs is 1. The summed E-state index contributed by atoms with van der Waals surface area (Å²) in [5.74, 6) is 0.768. The molecule has 0 bridgehead atoms. The Kier molecular flexibility index (Phi) is 2.40. The predicted molar refractivity (Wildman–Crippen MR) is 69.4 cm³/mol. The standard InChI is InChI=1S/C13H14N4O/c1-7-10(6-14-17-13(7)18)9-3-4-11-12(5-9)16-8(2)15-11/h3-7,10H,1-2H3,(H,15,16)(H,17,18). The molecule has 5 nitrogen and oxygen atoms in total. The maximum Gasteiger partial charge on any atom is 0.243 e. The number of imidazole rings is 1. The lowest BCUT2D eigenvalue weighted by Crippen LogP contribution is -2.34. The van der Waals surface area contributed by atoms with E-state index < -0.39 is 0 Å². The van der Waals surface area contributed by atoms with Crippen LogP contribution in [0.5, 0.6) is 0 Å². The normalized spacial score (nSPS) is 23.3. The van der Waals surface area contributed by atoms with Crippen LogP contribution in [0.3, 0.4) is 0 Å². The van der Waals surface area contributed by atoms with E-state index in [1.807, 2.05) is 32.0 Å². The summed E-state index contributed by atoms with van der Waals surface area (Å²) in [4.78, 5) is 19.2. The number of hydrazone groups is 1. The van der Waals surface area contributed by atoms with Crippen molar-refractivity contribution in [2.75, 3.05) is 0 Å². The van der Waals surface area contributed by atoms with Gasteiger partial charge in [-0.3, -0.25) is 4.79 Å². The molecule has 0 fully saturated rings. The number of H-pyrrole nitrogens is 1. The van der Waals surface area contributed by atoms with Gasteiger partial charge in [0.05, 0.1) is 11.0 Å². The Morgan fingerprint density at radius 1 is 1.33 bits per heavy atom. The molecule has 1 aromatic heterocycles. The third-order valence-corrected chi connectivity index (χ3v) is 3.37. The number of aromatic amines is 1. The van der Waals surface area contributed by atoms with Gasteiger partial charge in [0.15, 0.2) is 0 Å². The Labute approximate surface area is 104 Å². The van der Waals surface area contributed by atoms with Gasteiger partial charge in [-0.05, 0) is 24.6 Å². The van der Waals surface area contributed by atoms with Crippen molar-refractivity contribution in [2.45, 2.75) is 19.8 Å². The van der Waals surface area contributed by atoms with E-state index in [0.29, 0.717) is 0 Å². The summed E-state index contributed by atoms with van der Waals surface area (Å²) in [6.07, 6.45) is 1.79. The molecule has 3 rings (SSSR count). The van der Waals surface area contributed by atoms with Crippen LogP contribution in [0.15, 0.2) is 23.3 Å². The molecule has 0 radical (unpaired) electrons. The monoisotopic (exact) mass is 242 g/mol. The molecule has 18 heavy (non-hydrogen) atoms. The number of aryl methyl sites for hydroxylation is 1. The van der Waals surface area contributed by atoms with Gasteiger partial charge in [0, 0.05) is 18.1 Å². The molecule has 2 atom stereocenters. The van der Waals surface area contributed by atoms with Crippen LogP contribution in [-0.2, 0) is 4.79 Å². The average Bonchev–Trinajstić information content (AvgIpc) is 2.71. The molecule has 2 aromatic rings. The smallest absolute Gasteiger partial charge is 0.243 e. The lowest BCUT2D eigenvalue weighted by atomic mass is 9.87. The second-order valence-corrected chi connectivity index (χ2v) is 4.67. The van der Waals surface area contributed by atoms with Crippen LogP contribution < -0.4 is 5.43 Å². The van der Waals surface area contributed by atoms with Crippen LogP contribution in [-0.4, -0.2) is 22.1 Å². The van der Waals surface area contributed by atoms with E-state index in [1.165, 1.54) is 0 Å². The molecule has 1 aromatic carbocycles. The van der Waals surface area contributed by atoms with Crippen molar-refractivity contribution in [1.82, 2.24) is 15.4 Å². The van der Waals surface area contributed by atoms with E-state index >= 15 is 0 Å². The molecular formula is C13H14N4O. The minimum absolute atomic E-state index is 0.0201. The van der Waals surface area contributed by atoms with Crippen molar-refractivity contribution in [2.24, 2.45) is 11.0 Å². The van der Waals surface area contributed by atoms with Gasteiger partial charge in [-0.15, -0.1) is 0 Å². The highest BCUT2D eigenvalue weighted by molar-refractivity contribution is 5.89. The summed E-state index contributed by atoms with van der Waals surface area (Å²) < 4.78 is 0. The van der Waals surface area contributed by atoms with Gasteiger partial charge in [0.2, 0.25) is 5.91 Å². The minimum atomic E-state index is -0.107. The molecule has 1 amide bonds. The molecule has 92 valence electrons. The van der Waals surface area contributed by atoms with Crippen LogP contribution >= 0.6 is 0 Å². The number of carbonyl (C=O) groups is 1. The Bertz CT molecular complexity index is 643. The van der Waals surface area contributed by atoms with Crippen molar-refractivity contribution in [3.63, 3.8) is 0 Å². The Hall–Kier alpha value is -2.17. The molecule has 1 aliphatic heterocycles. The summed E-state index contributed by atoms with van der Waals surface area (Å²) in [6, 6.07) is 6.02.